The van der Waals surface area contributed by atoms with Crippen molar-refractivity contribution >= 4 is 27.5 Å². The van der Waals surface area contributed by atoms with Crippen molar-refractivity contribution < 1.29 is 34.4 Å². The van der Waals surface area contributed by atoms with Gasteiger partial charge in [0, 0.05) is 67.3 Å². The van der Waals surface area contributed by atoms with Crippen LogP contribution in [0.5, 0.6) is 0 Å². The molecule has 5 aromatic rings. The van der Waals surface area contributed by atoms with Crippen molar-refractivity contribution in [2.24, 2.45) is 17.8 Å². The number of hydrogen-bond acceptors (Lipinski definition) is 6. The van der Waals surface area contributed by atoms with E-state index in [2.05, 4.69) is 92.0 Å². The Morgan fingerprint density at radius 2 is 1.55 bits per heavy atom. The summed E-state index contributed by atoms with van der Waals surface area (Å²) in [6, 6.07) is 18.4. The predicted molar refractivity (Wildman–Crippen MR) is 198 cm³/mol. The number of carbonyl (C=O) groups excluding carboxylic acids is 1. The van der Waals surface area contributed by atoms with Crippen molar-refractivity contribution in [3.8, 4) is 22.5 Å². The fourth-order valence-corrected chi connectivity index (χ4v) is 6.14. The number of aliphatic hydroxyl groups is 1. The number of benzene rings is 2. The van der Waals surface area contributed by atoms with Gasteiger partial charge in [0.05, 0.1) is 17.6 Å². The molecule has 2 aromatic carbocycles. The number of ketones is 1. The second-order valence-corrected chi connectivity index (χ2v) is 14.1. The van der Waals surface area contributed by atoms with Crippen molar-refractivity contribution in [1.29, 1.82) is 0 Å². The first kappa shape index (κ1) is 39.8. The van der Waals surface area contributed by atoms with Crippen LogP contribution >= 0.6 is 0 Å². The Balaban J connectivity index is 0.000000347. The van der Waals surface area contributed by atoms with E-state index in [4.69, 9.17) is 4.42 Å². The fraction of sp³-hybridized carbons (Fsp3) is 0.429. The molecule has 0 bridgehead atoms. The van der Waals surface area contributed by atoms with E-state index in [1.165, 1.54) is 17.0 Å². The molecule has 7 heteroatoms. The summed E-state index contributed by atoms with van der Waals surface area (Å²) < 4.78 is 6.05. The van der Waals surface area contributed by atoms with Gasteiger partial charge in [0.2, 0.25) is 0 Å². The third-order valence-corrected chi connectivity index (χ3v) is 8.99. The number of fused-ring (bicyclic) bond motifs is 2. The minimum Gasteiger partial charge on any atom is -0.512 e. The summed E-state index contributed by atoms with van der Waals surface area (Å²) in [5, 5.41) is 13.1. The molecule has 1 N–H and O–H groups in total. The zero-order valence-electron chi connectivity index (χ0n) is 30.6. The monoisotopic (exact) mass is 839 g/mol. The number of carbonyl (C=O) groups is 1. The predicted octanol–water partition coefficient (Wildman–Crippen LogP) is 11.3. The number of aliphatic hydroxyl groups excluding tert-OH is 1. The van der Waals surface area contributed by atoms with E-state index >= 15 is 0 Å². The molecular formula is C42H52IrN3O3-. The van der Waals surface area contributed by atoms with Crippen LogP contribution in [0.15, 0.2) is 77.4 Å². The van der Waals surface area contributed by atoms with Gasteiger partial charge in [-0.2, -0.15) is 0 Å². The molecule has 0 amide bonds. The Morgan fingerprint density at radius 1 is 0.898 bits per heavy atom. The van der Waals surface area contributed by atoms with Crippen molar-refractivity contribution in [2.75, 3.05) is 0 Å². The summed E-state index contributed by atoms with van der Waals surface area (Å²) in [6.07, 6.45) is 11.1. The van der Waals surface area contributed by atoms with Crippen LogP contribution in [-0.2, 0) is 36.7 Å². The Labute approximate surface area is 306 Å². The fourth-order valence-electron chi connectivity index (χ4n) is 6.14. The van der Waals surface area contributed by atoms with E-state index < -0.39 is 0 Å². The summed E-state index contributed by atoms with van der Waals surface area (Å²) in [5.74, 6) is 2.04. The van der Waals surface area contributed by atoms with Gasteiger partial charge in [0.25, 0.3) is 0 Å². The Kier molecular flexibility index (Phi) is 14.5. The largest absolute Gasteiger partial charge is 0.512 e. The second kappa shape index (κ2) is 17.8. The van der Waals surface area contributed by atoms with Gasteiger partial charge in [-0.05, 0) is 49.1 Å². The normalized spacial score (nSPS) is 12.0. The molecule has 0 aliphatic rings. The van der Waals surface area contributed by atoms with Gasteiger partial charge in [-0.1, -0.05) is 91.5 Å². The molecule has 49 heavy (non-hydrogen) atoms. The third-order valence-electron chi connectivity index (χ3n) is 8.99. The van der Waals surface area contributed by atoms with Gasteiger partial charge in [-0.3, -0.25) is 14.8 Å². The van der Waals surface area contributed by atoms with E-state index in [9.17, 15) is 9.90 Å². The SMILES string of the molecule is CC(C)Cc1cc2c(-c3cc(-c4[c-]c5ccccc5c(C(C)(C)C)c4)ncn3)cncc2o1.CCC(CC)C(=O)/C=C(\O)C(CC)CC.[Ir]. The second-order valence-electron chi connectivity index (χ2n) is 14.1. The quantitative estimate of drug-likeness (QED) is 0.0810. The van der Waals surface area contributed by atoms with Crippen molar-refractivity contribution in [2.45, 2.75) is 99.8 Å². The molecule has 0 atom stereocenters. The first-order valence-electron chi connectivity index (χ1n) is 17.5. The maximum absolute atomic E-state index is 11.7. The minimum atomic E-state index is -0.00155. The first-order valence-corrected chi connectivity index (χ1v) is 17.5. The van der Waals surface area contributed by atoms with Gasteiger partial charge in [0.15, 0.2) is 11.4 Å². The molecule has 0 saturated carbocycles. The maximum Gasteiger partial charge on any atom is 0.162 e. The number of hydrogen-bond donors (Lipinski definition) is 1. The molecule has 6 nitrogen and oxygen atoms in total. The minimum absolute atomic E-state index is 0. The van der Waals surface area contributed by atoms with Crippen LogP contribution in [0.25, 0.3) is 44.3 Å². The van der Waals surface area contributed by atoms with Crippen molar-refractivity contribution in [1.82, 2.24) is 15.0 Å². The average molecular weight is 839 g/mol. The van der Waals surface area contributed by atoms with Gasteiger partial charge < -0.3 is 9.52 Å². The molecular weight excluding hydrogens is 787 g/mol. The number of nitrogens with zero attached hydrogens (tertiary/aromatic N) is 3. The van der Waals surface area contributed by atoms with Crippen LogP contribution in [-0.4, -0.2) is 25.8 Å². The van der Waals surface area contributed by atoms with E-state index in [0.717, 1.165) is 76.7 Å². The number of aromatic nitrogens is 3. The molecule has 0 saturated heterocycles. The van der Waals surface area contributed by atoms with E-state index in [0.29, 0.717) is 5.92 Å². The van der Waals surface area contributed by atoms with Crippen LogP contribution in [0.2, 0.25) is 0 Å². The summed E-state index contributed by atoms with van der Waals surface area (Å²) in [5.41, 5.74) is 5.66. The summed E-state index contributed by atoms with van der Waals surface area (Å²) in [6.45, 7) is 19.2. The van der Waals surface area contributed by atoms with Gasteiger partial charge in [0.1, 0.15) is 12.1 Å². The van der Waals surface area contributed by atoms with Gasteiger partial charge >= 0.3 is 0 Å². The average Bonchev–Trinajstić information content (AvgIpc) is 3.47. The molecule has 0 unspecified atom stereocenters. The van der Waals surface area contributed by atoms with Gasteiger partial charge in [-0.25, -0.2) is 4.98 Å². The standard InChI is InChI=1S/C29H28N3O.C13H24O2.Ir/c1-18(2)10-21-13-23-24(15-30-16-28(23)33-21)27-14-26(31-17-32-27)20-11-19-8-6-7-9-22(19)25(12-20)29(3,4)5;1-5-10(6-2)12(14)9-13(15)11(7-3)8-4;/h6-9,12-18H,10H2,1-5H3;9-11,14H,5-8H2,1-4H3;/q-1;;/b;12-9-;. The van der Waals surface area contributed by atoms with Crippen molar-refractivity contribution in [3.63, 3.8) is 0 Å². The zero-order chi connectivity index (χ0) is 35.0. The van der Waals surface area contributed by atoms with E-state index in [-0.39, 0.29) is 48.9 Å². The molecule has 3 aromatic heterocycles. The van der Waals surface area contributed by atoms with Crippen LogP contribution in [0.3, 0.4) is 0 Å². The molecule has 0 aliphatic carbocycles. The molecule has 0 aliphatic heterocycles. The number of rotatable bonds is 11. The number of pyridine rings is 1. The Bertz CT molecular complexity index is 1860. The van der Waals surface area contributed by atoms with Crippen LogP contribution in [0, 0.1) is 23.8 Å². The maximum atomic E-state index is 11.7. The van der Waals surface area contributed by atoms with E-state index in [1.54, 1.807) is 12.5 Å². The molecule has 1 radical (unpaired) electrons. The summed E-state index contributed by atoms with van der Waals surface area (Å²) in [7, 11) is 0. The Morgan fingerprint density at radius 3 is 2.18 bits per heavy atom. The number of allylic oxidation sites excluding steroid dienone is 2. The smallest absolute Gasteiger partial charge is 0.162 e. The summed E-state index contributed by atoms with van der Waals surface area (Å²) in [4.78, 5) is 25.3. The summed E-state index contributed by atoms with van der Waals surface area (Å²) >= 11 is 0. The molecule has 3 heterocycles. The molecule has 263 valence electrons. The van der Waals surface area contributed by atoms with Crippen LogP contribution in [0.1, 0.15) is 99.3 Å². The van der Waals surface area contributed by atoms with Crippen molar-refractivity contribution in [3.05, 3.63) is 90.4 Å². The van der Waals surface area contributed by atoms with Gasteiger partial charge in [-0.15, -0.1) is 29.1 Å². The Hall–Kier alpha value is -3.67. The topological polar surface area (TPSA) is 89.1 Å². The first-order chi connectivity index (χ1) is 22.9. The van der Waals surface area contributed by atoms with Crippen LogP contribution in [0.4, 0.5) is 0 Å². The van der Waals surface area contributed by atoms with E-state index in [1.807, 2.05) is 40.0 Å². The molecule has 0 fully saturated rings. The third kappa shape index (κ3) is 9.95. The zero-order valence-corrected chi connectivity index (χ0v) is 33.0. The molecule has 0 spiro atoms. The van der Waals surface area contributed by atoms with Crippen LogP contribution < -0.4 is 0 Å². The molecule has 5 rings (SSSR count). The number of furan rings is 1.